The van der Waals surface area contributed by atoms with Gasteiger partial charge in [0.1, 0.15) is 11.6 Å². The predicted octanol–water partition coefficient (Wildman–Crippen LogP) is 4.99. The summed E-state index contributed by atoms with van der Waals surface area (Å²) in [5.41, 5.74) is 4.94. The molecule has 1 aromatic heterocycles. The van der Waals surface area contributed by atoms with Gasteiger partial charge >= 0.3 is 0 Å². The van der Waals surface area contributed by atoms with Gasteiger partial charge in [0.25, 0.3) is 0 Å². The highest BCUT2D eigenvalue weighted by Crippen LogP contribution is 2.22. The van der Waals surface area contributed by atoms with E-state index in [4.69, 9.17) is 4.74 Å². The lowest BCUT2D eigenvalue weighted by Gasteiger charge is -2.09. The van der Waals surface area contributed by atoms with Crippen LogP contribution in [0.1, 0.15) is 17.0 Å². The molecule has 4 heteroatoms. The molecule has 0 atom stereocenters. The number of benzene rings is 2. The molecule has 0 bridgehead atoms. The van der Waals surface area contributed by atoms with Crippen LogP contribution in [0.4, 0.5) is 10.1 Å². The molecule has 0 saturated heterocycles. The molecule has 122 valence electrons. The Bertz CT molecular complexity index is 879. The van der Waals surface area contributed by atoms with E-state index in [0.29, 0.717) is 0 Å². The van der Waals surface area contributed by atoms with Gasteiger partial charge in [-0.2, -0.15) is 0 Å². The van der Waals surface area contributed by atoms with Gasteiger partial charge in [-0.05, 0) is 56.3 Å². The maximum Gasteiger partial charge on any atom is 0.123 e. The number of methoxy groups -OCH3 is 1. The Kier molecular flexibility index (Phi) is 4.47. The molecule has 0 amide bonds. The van der Waals surface area contributed by atoms with Crippen molar-refractivity contribution in [3.05, 3.63) is 77.4 Å². The summed E-state index contributed by atoms with van der Waals surface area (Å²) in [6, 6.07) is 16.2. The van der Waals surface area contributed by atoms with Crippen LogP contribution in [0.2, 0.25) is 0 Å². The first-order valence-corrected chi connectivity index (χ1v) is 7.71. The topological polar surface area (TPSA) is 26.5 Å². The largest absolute Gasteiger partial charge is 0.497 e. The standard InChI is InChI=1S/C20H19FN2O/c1-14-11-16(13-22-18-5-4-6-20(12-18)24-3)15(2)23(14)19-9-7-17(21)8-10-19/h4-13H,1-3H3. The van der Waals surface area contributed by atoms with Crippen LogP contribution >= 0.6 is 0 Å². The average molecular weight is 322 g/mol. The third-order valence-corrected chi connectivity index (χ3v) is 3.96. The smallest absolute Gasteiger partial charge is 0.123 e. The zero-order valence-corrected chi connectivity index (χ0v) is 14.0. The Hall–Kier alpha value is -2.88. The van der Waals surface area contributed by atoms with Crippen LogP contribution in [0.15, 0.2) is 59.6 Å². The number of rotatable bonds is 4. The first-order chi connectivity index (χ1) is 11.6. The van der Waals surface area contributed by atoms with Crippen molar-refractivity contribution in [1.29, 1.82) is 0 Å². The fourth-order valence-corrected chi connectivity index (χ4v) is 2.74. The van der Waals surface area contributed by atoms with Crippen molar-refractivity contribution in [1.82, 2.24) is 4.57 Å². The van der Waals surface area contributed by atoms with Crippen LogP contribution in [-0.2, 0) is 0 Å². The second-order valence-electron chi connectivity index (χ2n) is 5.60. The van der Waals surface area contributed by atoms with Crippen LogP contribution in [0, 0.1) is 19.7 Å². The number of nitrogens with zero attached hydrogens (tertiary/aromatic N) is 2. The third kappa shape index (κ3) is 3.23. The van der Waals surface area contributed by atoms with Crippen molar-refractivity contribution >= 4 is 11.9 Å². The molecule has 0 N–H and O–H groups in total. The molecule has 24 heavy (non-hydrogen) atoms. The molecule has 1 heterocycles. The van der Waals surface area contributed by atoms with Gasteiger partial charge in [-0.1, -0.05) is 6.07 Å². The van der Waals surface area contributed by atoms with Crippen LogP contribution in [0.5, 0.6) is 5.75 Å². The zero-order valence-electron chi connectivity index (χ0n) is 14.0. The lowest BCUT2D eigenvalue weighted by Crippen LogP contribution is -1.99. The SMILES string of the molecule is COc1cccc(N=Cc2cc(C)n(-c3ccc(F)cc3)c2C)c1. The number of hydrogen-bond acceptors (Lipinski definition) is 2. The summed E-state index contributed by atoms with van der Waals surface area (Å²) in [4.78, 5) is 4.53. The van der Waals surface area contributed by atoms with E-state index < -0.39 is 0 Å². The summed E-state index contributed by atoms with van der Waals surface area (Å²) >= 11 is 0. The van der Waals surface area contributed by atoms with E-state index in [1.54, 1.807) is 19.2 Å². The highest BCUT2D eigenvalue weighted by Gasteiger charge is 2.09. The first-order valence-electron chi connectivity index (χ1n) is 7.71. The minimum atomic E-state index is -0.235. The van der Waals surface area contributed by atoms with E-state index in [-0.39, 0.29) is 5.82 Å². The zero-order chi connectivity index (χ0) is 17.1. The Labute approximate surface area is 141 Å². The number of aliphatic imine (C=N–C) groups is 1. The van der Waals surface area contributed by atoms with Gasteiger partial charge < -0.3 is 9.30 Å². The van der Waals surface area contributed by atoms with Gasteiger partial charge in [0, 0.05) is 34.9 Å². The molecule has 0 unspecified atom stereocenters. The molecular formula is C20H19FN2O. The van der Waals surface area contributed by atoms with Crippen LogP contribution in [-0.4, -0.2) is 17.9 Å². The molecular weight excluding hydrogens is 303 g/mol. The van der Waals surface area contributed by atoms with Crippen molar-refractivity contribution in [2.75, 3.05) is 7.11 Å². The maximum atomic E-state index is 13.1. The molecule has 3 aromatic rings. The lowest BCUT2D eigenvalue weighted by molar-refractivity contribution is 0.415. The molecule has 0 aliphatic heterocycles. The second kappa shape index (κ2) is 6.71. The third-order valence-electron chi connectivity index (χ3n) is 3.96. The monoisotopic (exact) mass is 322 g/mol. The molecule has 0 saturated carbocycles. The van der Waals surface area contributed by atoms with E-state index in [0.717, 1.165) is 34.1 Å². The number of aromatic nitrogens is 1. The van der Waals surface area contributed by atoms with Gasteiger partial charge in [-0.15, -0.1) is 0 Å². The Morgan fingerprint density at radius 1 is 1.04 bits per heavy atom. The van der Waals surface area contributed by atoms with Gasteiger partial charge in [0.05, 0.1) is 12.8 Å². The quantitative estimate of drug-likeness (QED) is 0.621. The number of hydrogen-bond donors (Lipinski definition) is 0. The minimum absolute atomic E-state index is 0.235. The summed E-state index contributed by atoms with van der Waals surface area (Å²) < 4.78 is 20.4. The molecule has 0 fully saturated rings. The van der Waals surface area contributed by atoms with E-state index in [1.807, 2.05) is 44.3 Å². The second-order valence-corrected chi connectivity index (χ2v) is 5.60. The Balaban J connectivity index is 1.93. The molecule has 0 aliphatic rings. The molecule has 3 nitrogen and oxygen atoms in total. The van der Waals surface area contributed by atoms with E-state index in [2.05, 4.69) is 15.6 Å². The predicted molar refractivity (Wildman–Crippen MR) is 95.4 cm³/mol. The Morgan fingerprint density at radius 3 is 2.50 bits per heavy atom. The average Bonchev–Trinajstić information content (AvgIpc) is 2.88. The van der Waals surface area contributed by atoms with Crippen molar-refractivity contribution < 1.29 is 9.13 Å². The molecule has 2 aromatic carbocycles. The van der Waals surface area contributed by atoms with E-state index in [1.165, 1.54) is 12.1 Å². The molecule has 3 rings (SSSR count). The summed E-state index contributed by atoms with van der Waals surface area (Å²) in [7, 11) is 1.64. The maximum absolute atomic E-state index is 13.1. The number of halogens is 1. The van der Waals surface area contributed by atoms with Gasteiger partial charge in [-0.3, -0.25) is 4.99 Å². The first kappa shape index (κ1) is 16.0. The number of ether oxygens (including phenoxy) is 1. The van der Waals surface area contributed by atoms with Gasteiger partial charge in [-0.25, -0.2) is 4.39 Å². The fourth-order valence-electron chi connectivity index (χ4n) is 2.74. The normalized spacial score (nSPS) is 11.2. The lowest BCUT2D eigenvalue weighted by atomic mass is 10.2. The molecule has 0 aliphatic carbocycles. The van der Waals surface area contributed by atoms with Crippen LogP contribution < -0.4 is 4.74 Å². The van der Waals surface area contributed by atoms with E-state index >= 15 is 0 Å². The summed E-state index contributed by atoms with van der Waals surface area (Å²) in [6.45, 7) is 4.06. The summed E-state index contributed by atoms with van der Waals surface area (Å²) in [5, 5.41) is 0. The van der Waals surface area contributed by atoms with Gasteiger partial charge in [0.2, 0.25) is 0 Å². The highest BCUT2D eigenvalue weighted by atomic mass is 19.1. The van der Waals surface area contributed by atoms with Crippen LogP contribution in [0.25, 0.3) is 5.69 Å². The van der Waals surface area contributed by atoms with Crippen molar-refractivity contribution in [3.63, 3.8) is 0 Å². The van der Waals surface area contributed by atoms with Gasteiger partial charge in [0.15, 0.2) is 0 Å². The fraction of sp³-hybridized carbons (Fsp3) is 0.150. The van der Waals surface area contributed by atoms with Crippen LogP contribution in [0.3, 0.4) is 0 Å². The van der Waals surface area contributed by atoms with Crippen molar-refractivity contribution in [2.45, 2.75) is 13.8 Å². The van der Waals surface area contributed by atoms with E-state index in [9.17, 15) is 4.39 Å². The molecule has 0 spiro atoms. The van der Waals surface area contributed by atoms with Crippen molar-refractivity contribution in [2.24, 2.45) is 4.99 Å². The highest BCUT2D eigenvalue weighted by molar-refractivity contribution is 5.84. The number of aryl methyl sites for hydroxylation is 1. The minimum Gasteiger partial charge on any atom is -0.497 e. The summed E-state index contributed by atoms with van der Waals surface area (Å²) in [5.74, 6) is 0.544. The Morgan fingerprint density at radius 2 is 1.79 bits per heavy atom. The van der Waals surface area contributed by atoms with Crippen molar-refractivity contribution in [3.8, 4) is 11.4 Å². The summed E-state index contributed by atoms with van der Waals surface area (Å²) in [6.07, 6.45) is 1.84. The molecule has 0 radical (unpaired) electrons.